The van der Waals surface area contributed by atoms with Crippen LogP contribution in [0.3, 0.4) is 0 Å². The van der Waals surface area contributed by atoms with Crippen LogP contribution < -0.4 is 5.32 Å². The van der Waals surface area contributed by atoms with Crippen molar-refractivity contribution in [2.45, 2.75) is 31.7 Å². The summed E-state index contributed by atoms with van der Waals surface area (Å²) in [4.78, 5) is 15.8. The van der Waals surface area contributed by atoms with Gasteiger partial charge in [0.25, 0.3) is 5.91 Å². The van der Waals surface area contributed by atoms with Crippen LogP contribution >= 0.6 is 15.9 Å². The van der Waals surface area contributed by atoms with Crippen molar-refractivity contribution in [1.29, 1.82) is 0 Å². The fraction of sp³-hybridized carbons (Fsp3) is 0.455. The number of pyridine rings is 1. The second kappa shape index (κ2) is 4.75. The van der Waals surface area contributed by atoms with Gasteiger partial charge in [-0.05, 0) is 40.9 Å². The van der Waals surface area contributed by atoms with Crippen LogP contribution in [0.15, 0.2) is 22.8 Å². The van der Waals surface area contributed by atoms with Crippen molar-refractivity contribution in [2.24, 2.45) is 0 Å². The maximum Gasteiger partial charge on any atom is 0.270 e. The molecule has 0 atom stereocenters. The van der Waals surface area contributed by atoms with Crippen LogP contribution in [0.2, 0.25) is 0 Å². The standard InChI is InChI=1S/C11H13BrN2O/c12-8-5-6-10(13-7-8)11(15)14-9-3-1-2-4-9/h5-7,9H,1-4H2,(H,14,15). The van der Waals surface area contributed by atoms with Crippen LogP contribution in [0.1, 0.15) is 36.2 Å². The molecule has 80 valence electrons. The van der Waals surface area contributed by atoms with Gasteiger partial charge in [-0.1, -0.05) is 12.8 Å². The minimum Gasteiger partial charge on any atom is -0.348 e. The van der Waals surface area contributed by atoms with E-state index in [9.17, 15) is 4.79 Å². The highest BCUT2D eigenvalue weighted by molar-refractivity contribution is 9.10. The molecule has 0 aliphatic heterocycles. The first-order chi connectivity index (χ1) is 7.25. The summed E-state index contributed by atoms with van der Waals surface area (Å²) < 4.78 is 0.889. The zero-order valence-corrected chi connectivity index (χ0v) is 9.96. The molecule has 15 heavy (non-hydrogen) atoms. The maximum atomic E-state index is 11.7. The van der Waals surface area contributed by atoms with Gasteiger partial charge in [-0.2, -0.15) is 0 Å². The second-order valence-electron chi connectivity index (χ2n) is 3.82. The van der Waals surface area contributed by atoms with E-state index in [0.29, 0.717) is 11.7 Å². The summed E-state index contributed by atoms with van der Waals surface area (Å²) in [6, 6.07) is 3.91. The Morgan fingerprint density at radius 1 is 1.40 bits per heavy atom. The zero-order valence-electron chi connectivity index (χ0n) is 8.37. The minimum absolute atomic E-state index is 0.0607. The van der Waals surface area contributed by atoms with Gasteiger partial charge in [0, 0.05) is 16.7 Å². The number of aromatic nitrogens is 1. The van der Waals surface area contributed by atoms with Crippen molar-refractivity contribution < 1.29 is 4.79 Å². The molecule has 1 amide bonds. The molecule has 1 saturated carbocycles. The van der Waals surface area contributed by atoms with Crippen molar-refractivity contribution in [3.8, 4) is 0 Å². The number of hydrogen-bond donors (Lipinski definition) is 1. The molecule has 1 aliphatic carbocycles. The van der Waals surface area contributed by atoms with E-state index < -0.39 is 0 Å². The number of rotatable bonds is 2. The minimum atomic E-state index is -0.0607. The van der Waals surface area contributed by atoms with Crippen LogP contribution in [-0.2, 0) is 0 Å². The third kappa shape index (κ3) is 2.78. The Morgan fingerprint density at radius 2 is 2.13 bits per heavy atom. The molecule has 1 heterocycles. The molecular formula is C11H13BrN2O. The van der Waals surface area contributed by atoms with E-state index in [2.05, 4.69) is 26.2 Å². The number of hydrogen-bond acceptors (Lipinski definition) is 2. The van der Waals surface area contributed by atoms with Gasteiger partial charge in [-0.3, -0.25) is 4.79 Å². The van der Waals surface area contributed by atoms with Gasteiger partial charge in [0.1, 0.15) is 5.69 Å². The molecule has 4 heteroatoms. The molecule has 0 unspecified atom stereocenters. The highest BCUT2D eigenvalue weighted by atomic mass is 79.9. The monoisotopic (exact) mass is 268 g/mol. The smallest absolute Gasteiger partial charge is 0.270 e. The Hall–Kier alpha value is -0.900. The highest BCUT2D eigenvalue weighted by Gasteiger charge is 2.18. The first-order valence-electron chi connectivity index (χ1n) is 5.18. The summed E-state index contributed by atoms with van der Waals surface area (Å²) >= 11 is 3.29. The molecule has 0 radical (unpaired) electrons. The Bertz CT molecular complexity index is 344. The predicted molar refractivity (Wildman–Crippen MR) is 61.7 cm³/mol. The summed E-state index contributed by atoms with van der Waals surface area (Å²) in [7, 11) is 0. The van der Waals surface area contributed by atoms with Crippen molar-refractivity contribution in [3.63, 3.8) is 0 Å². The topological polar surface area (TPSA) is 42.0 Å². The third-order valence-corrected chi connectivity index (χ3v) is 3.12. The van der Waals surface area contributed by atoms with Gasteiger partial charge < -0.3 is 5.32 Å². The van der Waals surface area contributed by atoms with Gasteiger partial charge in [0.05, 0.1) is 0 Å². The summed E-state index contributed by atoms with van der Waals surface area (Å²) in [6.07, 6.45) is 6.28. The number of nitrogens with zero attached hydrogens (tertiary/aromatic N) is 1. The molecule has 0 aromatic carbocycles. The van der Waals surface area contributed by atoms with E-state index in [4.69, 9.17) is 0 Å². The summed E-state index contributed by atoms with van der Waals surface area (Å²) in [5.74, 6) is -0.0607. The Labute approximate surface area is 97.4 Å². The Morgan fingerprint density at radius 3 is 2.73 bits per heavy atom. The molecule has 0 saturated heterocycles. The van der Waals surface area contributed by atoms with Gasteiger partial charge in [-0.25, -0.2) is 4.98 Å². The number of carbonyl (C=O) groups is 1. The lowest BCUT2D eigenvalue weighted by Gasteiger charge is -2.10. The van der Waals surface area contributed by atoms with Crippen molar-refractivity contribution in [3.05, 3.63) is 28.5 Å². The highest BCUT2D eigenvalue weighted by Crippen LogP contribution is 2.18. The third-order valence-electron chi connectivity index (χ3n) is 2.65. The van der Waals surface area contributed by atoms with Crippen LogP contribution in [0.4, 0.5) is 0 Å². The van der Waals surface area contributed by atoms with E-state index >= 15 is 0 Å². The van der Waals surface area contributed by atoms with Gasteiger partial charge in [-0.15, -0.1) is 0 Å². The Kier molecular flexibility index (Phi) is 3.36. The lowest BCUT2D eigenvalue weighted by atomic mass is 10.2. The quantitative estimate of drug-likeness (QED) is 0.896. The van der Waals surface area contributed by atoms with Gasteiger partial charge in [0.2, 0.25) is 0 Å². The molecule has 1 aromatic heterocycles. The fourth-order valence-electron chi connectivity index (χ4n) is 1.84. The molecule has 1 aliphatic rings. The average Bonchev–Trinajstić information content (AvgIpc) is 2.71. The van der Waals surface area contributed by atoms with Crippen molar-refractivity contribution in [2.75, 3.05) is 0 Å². The first-order valence-corrected chi connectivity index (χ1v) is 5.97. The summed E-state index contributed by atoms with van der Waals surface area (Å²) in [5.41, 5.74) is 0.491. The number of nitrogens with one attached hydrogen (secondary N) is 1. The maximum absolute atomic E-state index is 11.7. The second-order valence-corrected chi connectivity index (χ2v) is 4.73. The van der Waals surface area contributed by atoms with Crippen LogP contribution in [-0.4, -0.2) is 16.9 Å². The largest absolute Gasteiger partial charge is 0.348 e. The number of halogens is 1. The molecule has 0 spiro atoms. The van der Waals surface area contributed by atoms with Crippen molar-refractivity contribution in [1.82, 2.24) is 10.3 Å². The molecule has 1 N–H and O–H groups in total. The van der Waals surface area contributed by atoms with E-state index in [1.807, 2.05) is 6.07 Å². The molecule has 2 rings (SSSR count). The van der Waals surface area contributed by atoms with Crippen LogP contribution in [0.25, 0.3) is 0 Å². The zero-order chi connectivity index (χ0) is 10.7. The van der Waals surface area contributed by atoms with E-state index in [-0.39, 0.29) is 5.91 Å². The van der Waals surface area contributed by atoms with Gasteiger partial charge in [0.15, 0.2) is 0 Å². The molecular weight excluding hydrogens is 256 g/mol. The molecule has 1 aromatic rings. The lowest BCUT2D eigenvalue weighted by Crippen LogP contribution is -2.33. The Balaban J connectivity index is 1.98. The average molecular weight is 269 g/mol. The van der Waals surface area contributed by atoms with Crippen LogP contribution in [0, 0.1) is 0 Å². The summed E-state index contributed by atoms with van der Waals surface area (Å²) in [6.45, 7) is 0. The molecule has 1 fully saturated rings. The first kappa shape index (κ1) is 10.6. The summed E-state index contributed by atoms with van der Waals surface area (Å²) in [5, 5.41) is 3.00. The van der Waals surface area contributed by atoms with Crippen LogP contribution in [0.5, 0.6) is 0 Å². The predicted octanol–water partition coefficient (Wildman–Crippen LogP) is 2.52. The number of carbonyl (C=O) groups excluding carboxylic acids is 1. The number of amides is 1. The molecule has 0 bridgehead atoms. The fourth-order valence-corrected chi connectivity index (χ4v) is 2.07. The van der Waals surface area contributed by atoms with Crippen molar-refractivity contribution >= 4 is 21.8 Å². The molecule has 3 nitrogen and oxygen atoms in total. The SMILES string of the molecule is O=C(NC1CCCC1)c1ccc(Br)cn1. The lowest BCUT2D eigenvalue weighted by molar-refractivity contribution is 0.0933. The normalized spacial score (nSPS) is 16.6. The van der Waals surface area contributed by atoms with Gasteiger partial charge >= 0.3 is 0 Å². The van der Waals surface area contributed by atoms with E-state index in [0.717, 1.165) is 17.3 Å². The van der Waals surface area contributed by atoms with E-state index in [1.54, 1.807) is 12.3 Å². The van der Waals surface area contributed by atoms with E-state index in [1.165, 1.54) is 12.8 Å².